The molecule has 0 aliphatic carbocycles. The molecule has 0 bridgehead atoms. The highest BCUT2D eigenvalue weighted by Crippen LogP contribution is 2.36. The van der Waals surface area contributed by atoms with Gasteiger partial charge >= 0.3 is 0 Å². The Hall–Kier alpha value is -1.28. The normalized spacial score (nSPS) is 21.4. The average molecular weight is 265 g/mol. The first-order valence-electron chi connectivity index (χ1n) is 5.96. The van der Waals surface area contributed by atoms with Crippen molar-refractivity contribution in [2.75, 3.05) is 31.2 Å². The fourth-order valence-electron chi connectivity index (χ4n) is 2.58. The van der Waals surface area contributed by atoms with E-state index in [1.54, 1.807) is 6.07 Å². The van der Waals surface area contributed by atoms with Gasteiger partial charge in [-0.1, -0.05) is 17.7 Å². The fourth-order valence-corrected chi connectivity index (χ4v) is 2.79. The van der Waals surface area contributed by atoms with Crippen LogP contribution in [0, 0.1) is 11.3 Å². The van der Waals surface area contributed by atoms with Crippen molar-refractivity contribution in [1.29, 1.82) is 5.26 Å². The van der Waals surface area contributed by atoms with Crippen molar-refractivity contribution in [1.82, 2.24) is 0 Å². The maximum Gasteiger partial charge on any atom is 0.187 e. The lowest BCUT2D eigenvalue weighted by Crippen LogP contribution is -2.34. The number of nitrogens with zero attached hydrogens (tertiary/aromatic N) is 2. The van der Waals surface area contributed by atoms with Crippen LogP contribution in [0.15, 0.2) is 18.2 Å². The lowest BCUT2D eigenvalue weighted by atomic mass is 10.2. The molecule has 0 unspecified atom stereocenters. The van der Waals surface area contributed by atoms with Crippen LogP contribution in [0.1, 0.15) is 12.0 Å². The molecule has 0 aromatic heterocycles. The van der Waals surface area contributed by atoms with Crippen LogP contribution in [0.3, 0.4) is 0 Å². The highest BCUT2D eigenvalue weighted by Gasteiger charge is 2.43. The van der Waals surface area contributed by atoms with Gasteiger partial charge in [-0.3, -0.25) is 0 Å². The molecule has 0 amide bonds. The highest BCUT2D eigenvalue weighted by atomic mass is 35.5. The second kappa shape index (κ2) is 4.43. The van der Waals surface area contributed by atoms with Gasteiger partial charge in [-0.15, -0.1) is 0 Å². The van der Waals surface area contributed by atoms with Gasteiger partial charge < -0.3 is 14.4 Å². The molecule has 1 aromatic rings. The van der Waals surface area contributed by atoms with Crippen LogP contribution in [-0.2, 0) is 9.47 Å². The van der Waals surface area contributed by atoms with Gasteiger partial charge in [0.2, 0.25) is 0 Å². The van der Waals surface area contributed by atoms with E-state index in [1.807, 2.05) is 12.1 Å². The first-order valence-corrected chi connectivity index (χ1v) is 6.33. The Morgan fingerprint density at radius 1 is 1.33 bits per heavy atom. The van der Waals surface area contributed by atoms with Crippen molar-refractivity contribution in [3.63, 3.8) is 0 Å². The maximum absolute atomic E-state index is 9.19. The molecule has 0 N–H and O–H groups in total. The molecular formula is C13H13ClN2O2. The molecule has 3 rings (SSSR count). The smallest absolute Gasteiger partial charge is 0.187 e. The first-order chi connectivity index (χ1) is 8.74. The number of benzene rings is 1. The van der Waals surface area contributed by atoms with Gasteiger partial charge in [0.05, 0.1) is 36.0 Å². The molecule has 0 atom stereocenters. The maximum atomic E-state index is 9.19. The van der Waals surface area contributed by atoms with Gasteiger partial charge in [0.15, 0.2) is 5.79 Å². The van der Waals surface area contributed by atoms with Crippen molar-refractivity contribution >= 4 is 17.3 Å². The standard InChI is InChI=1S/C13H13ClN2O2/c14-11-2-1-3-12(10(11)8-15)16-5-4-13(9-16)17-6-7-18-13/h1-3H,4-7,9H2. The van der Waals surface area contributed by atoms with E-state index in [4.69, 9.17) is 21.1 Å². The topological polar surface area (TPSA) is 45.5 Å². The summed E-state index contributed by atoms with van der Waals surface area (Å²) in [6.07, 6.45) is 0.824. The third-order valence-electron chi connectivity index (χ3n) is 3.45. The van der Waals surface area contributed by atoms with E-state index in [-0.39, 0.29) is 0 Å². The summed E-state index contributed by atoms with van der Waals surface area (Å²) in [7, 11) is 0. The lowest BCUT2D eigenvalue weighted by molar-refractivity contribution is -0.137. The number of anilines is 1. The van der Waals surface area contributed by atoms with E-state index in [0.29, 0.717) is 30.3 Å². The Morgan fingerprint density at radius 2 is 2.11 bits per heavy atom. The third kappa shape index (κ3) is 1.85. The van der Waals surface area contributed by atoms with Gasteiger partial charge in [-0.25, -0.2) is 0 Å². The van der Waals surface area contributed by atoms with Crippen molar-refractivity contribution in [2.24, 2.45) is 0 Å². The Bertz CT molecular complexity index is 506. The van der Waals surface area contributed by atoms with Crippen molar-refractivity contribution in [3.05, 3.63) is 28.8 Å². The van der Waals surface area contributed by atoms with Crippen molar-refractivity contribution in [2.45, 2.75) is 12.2 Å². The van der Waals surface area contributed by atoms with Gasteiger partial charge in [-0.2, -0.15) is 5.26 Å². The number of nitriles is 1. The number of hydrogen-bond donors (Lipinski definition) is 0. The Labute approximate surface area is 111 Å². The largest absolute Gasteiger partial charge is 0.365 e. The van der Waals surface area contributed by atoms with E-state index in [9.17, 15) is 5.26 Å². The molecule has 1 aromatic carbocycles. The van der Waals surface area contributed by atoms with E-state index in [2.05, 4.69) is 11.0 Å². The summed E-state index contributed by atoms with van der Waals surface area (Å²) in [5.74, 6) is -0.477. The average Bonchev–Trinajstić information content (AvgIpc) is 3.00. The summed E-state index contributed by atoms with van der Waals surface area (Å²) in [5, 5.41) is 9.68. The summed E-state index contributed by atoms with van der Waals surface area (Å²) in [6, 6.07) is 7.67. The zero-order valence-corrected chi connectivity index (χ0v) is 10.6. The molecule has 2 saturated heterocycles. The summed E-state index contributed by atoms with van der Waals surface area (Å²) >= 11 is 6.05. The fraction of sp³-hybridized carbons (Fsp3) is 0.462. The molecular weight excluding hydrogens is 252 g/mol. The molecule has 4 nitrogen and oxygen atoms in total. The molecule has 1 spiro atoms. The molecule has 18 heavy (non-hydrogen) atoms. The number of rotatable bonds is 1. The van der Waals surface area contributed by atoms with Crippen LogP contribution < -0.4 is 4.90 Å². The first kappa shape index (κ1) is 11.8. The Kier molecular flexibility index (Phi) is 2.90. The van der Waals surface area contributed by atoms with Crippen LogP contribution in [0.4, 0.5) is 5.69 Å². The predicted octanol–water partition coefficient (Wildman–Crippen LogP) is 2.16. The number of ether oxygens (including phenoxy) is 2. The molecule has 2 aliphatic rings. The molecule has 2 aliphatic heterocycles. The molecule has 2 fully saturated rings. The zero-order valence-electron chi connectivity index (χ0n) is 9.86. The van der Waals surface area contributed by atoms with E-state index in [1.165, 1.54) is 0 Å². The highest BCUT2D eigenvalue weighted by molar-refractivity contribution is 6.32. The third-order valence-corrected chi connectivity index (χ3v) is 3.77. The van der Waals surface area contributed by atoms with Crippen LogP contribution in [0.25, 0.3) is 0 Å². The van der Waals surface area contributed by atoms with Crippen LogP contribution in [0.5, 0.6) is 0 Å². The summed E-state index contributed by atoms with van der Waals surface area (Å²) in [4.78, 5) is 2.11. The minimum atomic E-state index is -0.477. The van der Waals surface area contributed by atoms with Gasteiger partial charge in [0.25, 0.3) is 0 Å². The van der Waals surface area contributed by atoms with Crippen molar-refractivity contribution < 1.29 is 9.47 Å². The molecule has 0 saturated carbocycles. The second-order valence-corrected chi connectivity index (χ2v) is 4.93. The second-order valence-electron chi connectivity index (χ2n) is 4.52. The Balaban J connectivity index is 1.89. The van der Waals surface area contributed by atoms with Gasteiger partial charge in [0, 0.05) is 13.0 Å². The lowest BCUT2D eigenvalue weighted by Gasteiger charge is -2.24. The van der Waals surface area contributed by atoms with E-state index >= 15 is 0 Å². The number of halogens is 1. The van der Waals surface area contributed by atoms with Gasteiger partial charge in [-0.05, 0) is 12.1 Å². The Morgan fingerprint density at radius 3 is 2.83 bits per heavy atom. The summed E-state index contributed by atoms with van der Waals surface area (Å²) in [6.45, 7) is 2.76. The molecule has 5 heteroatoms. The molecule has 2 heterocycles. The molecule has 94 valence electrons. The van der Waals surface area contributed by atoms with Crippen LogP contribution in [-0.4, -0.2) is 32.1 Å². The zero-order chi connectivity index (χ0) is 12.6. The van der Waals surface area contributed by atoms with E-state index in [0.717, 1.165) is 18.7 Å². The SMILES string of the molecule is N#Cc1c(Cl)cccc1N1CCC2(C1)OCCO2. The molecule has 0 radical (unpaired) electrons. The van der Waals surface area contributed by atoms with E-state index < -0.39 is 5.79 Å². The van der Waals surface area contributed by atoms with Gasteiger partial charge in [0.1, 0.15) is 6.07 Å². The quantitative estimate of drug-likeness (QED) is 0.780. The summed E-state index contributed by atoms with van der Waals surface area (Å²) in [5.41, 5.74) is 1.38. The van der Waals surface area contributed by atoms with Crippen molar-refractivity contribution in [3.8, 4) is 6.07 Å². The van der Waals surface area contributed by atoms with Crippen LogP contribution in [0.2, 0.25) is 5.02 Å². The predicted molar refractivity (Wildman–Crippen MR) is 67.6 cm³/mol. The monoisotopic (exact) mass is 264 g/mol. The van der Waals surface area contributed by atoms with Crippen LogP contribution >= 0.6 is 11.6 Å². The minimum Gasteiger partial charge on any atom is -0.365 e. The minimum absolute atomic E-state index is 0.477. The summed E-state index contributed by atoms with van der Waals surface area (Å²) < 4.78 is 11.4. The number of hydrogen-bond acceptors (Lipinski definition) is 4.